The van der Waals surface area contributed by atoms with Gasteiger partial charge in [0, 0.05) is 23.9 Å². The van der Waals surface area contributed by atoms with E-state index in [9.17, 15) is 19.5 Å². The number of carboxylic acid groups (broad SMARTS) is 1. The molecule has 0 radical (unpaired) electrons. The SMILES string of the molecule is CC(C)C(NC(=O)CC(C)(C)NC(=O)OCC1c2ccccc2-c2ccccc21)C(C)(C)C(=O)O. The normalized spacial score (nSPS) is 14.1. The molecule has 2 aromatic rings. The number of ether oxygens (including phenoxy) is 1. The molecule has 0 aromatic heterocycles. The van der Waals surface area contributed by atoms with Gasteiger partial charge in [0.2, 0.25) is 5.91 Å². The van der Waals surface area contributed by atoms with E-state index in [1.165, 1.54) is 0 Å². The van der Waals surface area contributed by atoms with Crippen LogP contribution in [0, 0.1) is 11.3 Å². The molecule has 1 aliphatic carbocycles. The Balaban J connectivity index is 1.60. The Morgan fingerprint density at radius 2 is 1.46 bits per heavy atom. The van der Waals surface area contributed by atoms with Crippen LogP contribution in [0.15, 0.2) is 48.5 Å². The molecule has 35 heavy (non-hydrogen) atoms. The van der Waals surface area contributed by atoms with Crippen LogP contribution in [0.2, 0.25) is 0 Å². The number of carbonyl (C=O) groups excluding carboxylic acids is 2. The van der Waals surface area contributed by atoms with Gasteiger partial charge in [-0.2, -0.15) is 0 Å². The topological polar surface area (TPSA) is 105 Å². The summed E-state index contributed by atoms with van der Waals surface area (Å²) >= 11 is 0. The first-order chi connectivity index (χ1) is 16.3. The Hall–Kier alpha value is -3.35. The lowest BCUT2D eigenvalue weighted by Gasteiger charge is -2.35. The highest BCUT2D eigenvalue weighted by atomic mass is 16.5. The molecule has 3 rings (SSSR count). The lowest BCUT2D eigenvalue weighted by Crippen LogP contribution is -2.54. The second kappa shape index (κ2) is 10.1. The standard InChI is InChI=1S/C28H36N2O5/c1-17(2)24(28(5,6)25(32)33)29-23(31)15-27(3,4)30-26(34)35-16-22-20-13-9-7-11-18(20)19-12-8-10-14-21(19)22/h7-14,17,22,24H,15-16H2,1-6H3,(H,29,31)(H,30,34)(H,32,33). The summed E-state index contributed by atoms with van der Waals surface area (Å²) in [6.07, 6.45) is -0.619. The van der Waals surface area contributed by atoms with Crippen molar-refractivity contribution in [2.45, 2.75) is 65.5 Å². The van der Waals surface area contributed by atoms with E-state index in [0.717, 1.165) is 22.3 Å². The van der Waals surface area contributed by atoms with Crippen molar-refractivity contribution in [3.63, 3.8) is 0 Å². The predicted octanol–water partition coefficient (Wildman–Crippen LogP) is 4.95. The molecule has 7 heteroatoms. The van der Waals surface area contributed by atoms with Gasteiger partial charge < -0.3 is 20.5 Å². The molecule has 1 unspecified atom stereocenters. The average molecular weight is 481 g/mol. The minimum absolute atomic E-state index is 0.0177. The molecule has 0 spiro atoms. The number of hydrogen-bond acceptors (Lipinski definition) is 4. The number of aliphatic carboxylic acids is 1. The molecule has 1 atom stereocenters. The summed E-state index contributed by atoms with van der Waals surface area (Å²) in [4.78, 5) is 37.1. The summed E-state index contributed by atoms with van der Waals surface area (Å²) in [6.45, 7) is 10.6. The molecule has 0 heterocycles. The van der Waals surface area contributed by atoms with E-state index in [-0.39, 0.29) is 30.8 Å². The van der Waals surface area contributed by atoms with Crippen LogP contribution < -0.4 is 10.6 Å². The molecule has 188 valence electrons. The van der Waals surface area contributed by atoms with Crippen molar-refractivity contribution in [1.29, 1.82) is 0 Å². The van der Waals surface area contributed by atoms with Crippen LogP contribution in [0.25, 0.3) is 11.1 Å². The highest BCUT2D eigenvalue weighted by molar-refractivity contribution is 5.81. The van der Waals surface area contributed by atoms with E-state index in [1.54, 1.807) is 27.7 Å². The van der Waals surface area contributed by atoms with Gasteiger partial charge in [0.15, 0.2) is 0 Å². The van der Waals surface area contributed by atoms with Crippen molar-refractivity contribution >= 4 is 18.0 Å². The molecular formula is C28H36N2O5. The zero-order valence-corrected chi connectivity index (χ0v) is 21.3. The van der Waals surface area contributed by atoms with Crippen LogP contribution in [0.4, 0.5) is 4.79 Å². The molecule has 0 aliphatic heterocycles. The van der Waals surface area contributed by atoms with Gasteiger partial charge in [-0.1, -0.05) is 62.4 Å². The number of amides is 2. The number of alkyl carbamates (subject to hydrolysis) is 1. The van der Waals surface area contributed by atoms with Gasteiger partial charge in [-0.3, -0.25) is 9.59 Å². The summed E-state index contributed by atoms with van der Waals surface area (Å²) in [5, 5.41) is 15.2. The van der Waals surface area contributed by atoms with Crippen LogP contribution >= 0.6 is 0 Å². The van der Waals surface area contributed by atoms with Gasteiger partial charge in [-0.05, 0) is 55.9 Å². The van der Waals surface area contributed by atoms with Crippen molar-refractivity contribution in [2.24, 2.45) is 11.3 Å². The Bertz CT molecular complexity index is 1060. The van der Waals surface area contributed by atoms with Gasteiger partial charge in [-0.15, -0.1) is 0 Å². The number of nitrogens with one attached hydrogen (secondary N) is 2. The van der Waals surface area contributed by atoms with Gasteiger partial charge in [0.1, 0.15) is 6.61 Å². The zero-order valence-electron chi connectivity index (χ0n) is 21.3. The Morgan fingerprint density at radius 1 is 0.943 bits per heavy atom. The van der Waals surface area contributed by atoms with Crippen molar-refractivity contribution < 1.29 is 24.2 Å². The highest BCUT2D eigenvalue weighted by Gasteiger charge is 2.40. The van der Waals surface area contributed by atoms with E-state index >= 15 is 0 Å². The molecular weight excluding hydrogens is 444 g/mol. The van der Waals surface area contributed by atoms with Gasteiger partial charge in [0.05, 0.1) is 5.41 Å². The van der Waals surface area contributed by atoms with Crippen molar-refractivity contribution in [3.05, 3.63) is 59.7 Å². The monoisotopic (exact) mass is 480 g/mol. The summed E-state index contributed by atoms with van der Waals surface area (Å²) < 4.78 is 5.60. The van der Waals surface area contributed by atoms with Gasteiger partial charge in [-0.25, -0.2) is 4.79 Å². The Kier molecular flexibility index (Phi) is 7.58. The Labute approximate surface area is 207 Å². The van der Waals surface area contributed by atoms with Crippen molar-refractivity contribution in [1.82, 2.24) is 10.6 Å². The summed E-state index contributed by atoms with van der Waals surface area (Å²) in [7, 11) is 0. The minimum atomic E-state index is -1.13. The van der Waals surface area contributed by atoms with E-state index in [2.05, 4.69) is 34.9 Å². The number of rotatable bonds is 9. The quantitative estimate of drug-likeness (QED) is 0.471. The fraction of sp³-hybridized carbons (Fsp3) is 0.464. The van der Waals surface area contributed by atoms with Crippen molar-refractivity contribution in [3.8, 4) is 11.1 Å². The predicted molar refractivity (Wildman–Crippen MR) is 135 cm³/mol. The molecule has 0 saturated carbocycles. The molecule has 0 fully saturated rings. The molecule has 0 bridgehead atoms. The molecule has 1 aliphatic rings. The van der Waals surface area contributed by atoms with E-state index in [4.69, 9.17) is 4.74 Å². The summed E-state index contributed by atoms with van der Waals surface area (Å²) in [6, 6.07) is 15.7. The number of hydrogen-bond donors (Lipinski definition) is 3. The third kappa shape index (κ3) is 5.84. The van der Waals surface area contributed by atoms with Gasteiger partial charge in [0.25, 0.3) is 0 Å². The third-order valence-corrected chi connectivity index (χ3v) is 6.70. The minimum Gasteiger partial charge on any atom is -0.481 e. The fourth-order valence-corrected chi connectivity index (χ4v) is 4.89. The lowest BCUT2D eigenvalue weighted by molar-refractivity contribution is -0.150. The van der Waals surface area contributed by atoms with E-state index in [0.29, 0.717) is 0 Å². The molecule has 3 N–H and O–H groups in total. The number of carbonyl (C=O) groups is 3. The second-order valence-electron chi connectivity index (χ2n) is 10.8. The van der Waals surface area contributed by atoms with Crippen molar-refractivity contribution in [2.75, 3.05) is 6.61 Å². The van der Waals surface area contributed by atoms with Crippen LogP contribution in [-0.4, -0.2) is 41.3 Å². The van der Waals surface area contributed by atoms with Gasteiger partial charge >= 0.3 is 12.1 Å². The van der Waals surface area contributed by atoms with E-state index in [1.807, 2.05) is 38.1 Å². The van der Waals surface area contributed by atoms with Crippen LogP contribution in [0.1, 0.15) is 65.0 Å². The smallest absolute Gasteiger partial charge is 0.407 e. The largest absolute Gasteiger partial charge is 0.481 e. The first kappa shape index (κ1) is 26.3. The number of carboxylic acids is 1. The molecule has 7 nitrogen and oxygen atoms in total. The summed E-state index contributed by atoms with van der Waals surface area (Å²) in [5.41, 5.74) is 2.54. The fourth-order valence-electron chi connectivity index (χ4n) is 4.89. The second-order valence-corrected chi connectivity index (χ2v) is 10.8. The third-order valence-electron chi connectivity index (χ3n) is 6.70. The first-order valence-corrected chi connectivity index (χ1v) is 12.0. The van der Waals surface area contributed by atoms with Crippen LogP contribution in [0.3, 0.4) is 0 Å². The van der Waals surface area contributed by atoms with E-state index < -0.39 is 29.1 Å². The number of fused-ring (bicyclic) bond motifs is 3. The maximum Gasteiger partial charge on any atom is 0.407 e. The Morgan fingerprint density at radius 3 is 1.94 bits per heavy atom. The number of benzene rings is 2. The highest BCUT2D eigenvalue weighted by Crippen LogP contribution is 2.44. The molecule has 2 aromatic carbocycles. The maximum atomic E-state index is 12.8. The summed E-state index contributed by atoms with van der Waals surface area (Å²) in [5.74, 6) is -1.44. The zero-order chi connectivity index (χ0) is 26.0. The van der Waals surface area contributed by atoms with Crippen LogP contribution in [-0.2, 0) is 14.3 Å². The molecule has 2 amide bonds. The first-order valence-electron chi connectivity index (χ1n) is 12.0. The molecule has 0 saturated heterocycles. The average Bonchev–Trinajstić information content (AvgIpc) is 3.08. The maximum absolute atomic E-state index is 12.8. The lowest BCUT2D eigenvalue weighted by atomic mass is 9.78. The van der Waals surface area contributed by atoms with Crippen LogP contribution in [0.5, 0.6) is 0 Å².